The summed E-state index contributed by atoms with van der Waals surface area (Å²) in [5.74, 6) is -2.71. The maximum atomic E-state index is 13.5. The number of nitrogens with one attached hydrogen (secondary N) is 1. The van der Waals surface area contributed by atoms with Gasteiger partial charge in [0.25, 0.3) is 0 Å². The average Bonchev–Trinajstić information content (AvgIpc) is 2.60. The van der Waals surface area contributed by atoms with Crippen molar-refractivity contribution in [3.8, 4) is 11.5 Å². The number of phenols is 1. The molecule has 0 radical (unpaired) electrons. The number of Topliss-reactive ketones (excluding diaryl/α,β-unsaturated/α-hetero) is 1. The van der Waals surface area contributed by atoms with Crippen LogP contribution in [-0.2, 0) is 19.3 Å². The molecule has 0 amide bonds. The van der Waals surface area contributed by atoms with Crippen LogP contribution < -0.4 is 10.1 Å². The summed E-state index contributed by atoms with van der Waals surface area (Å²) in [4.78, 5) is 12.1. The van der Waals surface area contributed by atoms with Gasteiger partial charge in [0, 0.05) is 12.5 Å². The molecule has 0 spiro atoms. The Bertz CT molecular complexity index is 867. The Kier molecular flexibility index (Phi) is 8.53. The molecule has 2 N–H and O–H groups in total. The van der Waals surface area contributed by atoms with Crippen LogP contribution >= 0.6 is 12.4 Å². The van der Waals surface area contributed by atoms with E-state index in [1.165, 1.54) is 6.07 Å². The van der Waals surface area contributed by atoms with Crippen molar-refractivity contribution < 1.29 is 27.8 Å². The minimum absolute atomic E-state index is 0. The van der Waals surface area contributed by atoms with Gasteiger partial charge in [0.15, 0.2) is 5.78 Å². The summed E-state index contributed by atoms with van der Waals surface area (Å²) in [6, 6.07) is 7.76. The van der Waals surface area contributed by atoms with Crippen LogP contribution in [0.15, 0.2) is 30.3 Å². The third kappa shape index (κ3) is 5.87. The van der Waals surface area contributed by atoms with Crippen molar-refractivity contribution in [1.29, 1.82) is 0 Å². The van der Waals surface area contributed by atoms with E-state index in [0.29, 0.717) is 12.1 Å². The molecule has 0 aliphatic heterocycles. The molecule has 0 unspecified atom stereocenters. The fourth-order valence-electron chi connectivity index (χ4n) is 2.87. The quantitative estimate of drug-likeness (QED) is 0.586. The van der Waals surface area contributed by atoms with Crippen molar-refractivity contribution in [2.45, 2.75) is 40.1 Å². The second-order valence-corrected chi connectivity index (χ2v) is 6.93. The molecule has 0 bridgehead atoms. The molecule has 0 aliphatic carbocycles. The van der Waals surface area contributed by atoms with Gasteiger partial charge in [-0.05, 0) is 42.8 Å². The number of ketones is 1. The number of rotatable bonds is 7. The van der Waals surface area contributed by atoms with Crippen LogP contribution in [0.1, 0.15) is 46.5 Å². The lowest BCUT2D eigenvalue weighted by molar-refractivity contribution is -0.140. The molecule has 0 saturated carbocycles. The van der Waals surface area contributed by atoms with E-state index in [9.17, 15) is 23.1 Å². The van der Waals surface area contributed by atoms with E-state index in [0.717, 1.165) is 17.2 Å². The van der Waals surface area contributed by atoms with Gasteiger partial charge in [-0.15, -0.1) is 12.4 Å². The summed E-state index contributed by atoms with van der Waals surface area (Å²) >= 11 is 0. The Morgan fingerprint density at radius 3 is 2.38 bits per heavy atom. The summed E-state index contributed by atoms with van der Waals surface area (Å²) in [7, 11) is 1.83. The van der Waals surface area contributed by atoms with Crippen LogP contribution in [0.2, 0.25) is 0 Å². The maximum Gasteiger partial charge on any atom is 0.423 e. The molecular formula is C21H25ClF3NO3. The molecular weight excluding hydrogens is 407 g/mol. The predicted molar refractivity (Wildman–Crippen MR) is 108 cm³/mol. The van der Waals surface area contributed by atoms with Crippen LogP contribution in [0.25, 0.3) is 0 Å². The van der Waals surface area contributed by atoms with Gasteiger partial charge >= 0.3 is 6.18 Å². The smallest absolute Gasteiger partial charge is 0.423 e. The Labute approximate surface area is 174 Å². The number of hydrogen-bond donors (Lipinski definition) is 2. The normalized spacial score (nSPS) is 11.3. The highest BCUT2D eigenvalue weighted by atomic mass is 35.5. The predicted octanol–water partition coefficient (Wildman–Crippen LogP) is 5.28. The van der Waals surface area contributed by atoms with Gasteiger partial charge in [-0.25, -0.2) is 0 Å². The first-order valence-corrected chi connectivity index (χ1v) is 8.89. The van der Waals surface area contributed by atoms with E-state index in [1.54, 1.807) is 19.9 Å². The molecule has 0 atom stereocenters. The minimum Gasteiger partial charge on any atom is -0.506 e. The van der Waals surface area contributed by atoms with Crippen molar-refractivity contribution in [1.82, 2.24) is 5.32 Å². The number of benzene rings is 2. The summed E-state index contributed by atoms with van der Waals surface area (Å²) < 4.78 is 45.9. The lowest BCUT2D eigenvalue weighted by Crippen LogP contribution is -2.14. The van der Waals surface area contributed by atoms with E-state index in [2.05, 4.69) is 5.32 Å². The lowest BCUT2D eigenvalue weighted by atomic mass is 9.97. The van der Waals surface area contributed by atoms with Crippen LogP contribution in [-0.4, -0.2) is 17.9 Å². The van der Waals surface area contributed by atoms with Gasteiger partial charge in [-0.2, -0.15) is 13.2 Å². The highest BCUT2D eigenvalue weighted by Crippen LogP contribution is 2.44. The molecule has 0 heterocycles. The van der Waals surface area contributed by atoms with E-state index in [-0.39, 0.29) is 24.6 Å². The van der Waals surface area contributed by atoms with Gasteiger partial charge in [-0.3, -0.25) is 4.79 Å². The van der Waals surface area contributed by atoms with Crippen LogP contribution in [0.5, 0.6) is 11.5 Å². The number of carbonyl (C=O) groups excluding carboxylic acids is 1. The fraction of sp³-hybridized carbons (Fsp3) is 0.381. The van der Waals surface area contributed by atoms with Gasteiger partial charge in [0.2, 0.25) is 0 Å². The zero-order valence-corrected chi connectivity index (χ0v) is 17.5. The summed E-state index contributed by atoms with van der Waals surface area (Å²) in [5, 5.41) is 13.2. The van der Waals surface area contributed by atoms with Gasteiger partial charge < -0.3 is 15.2 Å². The Morgan fingerprint density at radius 2 is 1.86 bits per heavy atom. The molecule has 29 heavy (non-hydrogen) atoms. The lowest BCUT2D eigenvalue weighted by Gasteiger charge is -2.18. The molecule has 2 rings (SSSR count). The number of ether oxygens (including phenoxy) is 1. The maximum absolute atomic E-state index is 13.5. The number of hydrogen-bond acceptors (Lipinski definition) is 4. The minimum atomic E-state index is -4.86. The first-order valence-electron chi connectivity index (χ1n) is 8.89. The number of phenolic OH excluding ortho intramolecular Hbond substituents is 1. The van der Waals surface area contributed by atoms with E-state index >= 15 is 0 Å². The number of aryl methyl sites for hydroxylation is 1. The van der Waals surface area contributed by atoms with E-state index in [4.69, 9.17) is 4.74 Å². The average molecular weight is 432 g/mol. The van der Waals surface area contributed by atoms with Gasteiger partial charge in [-0.1, -0.05) is 32.0 Å². The van der Waals surface area contributed by atoms with Crippen molar-refractivity contribution in [3.05, 3.63) is 58.1 Å². The highest BCUT2D eigenvalue weighted by molar-refractivity contribution is 6.00. The van der Waals surface area contributed by atoms with Crippen molar-refractivity contribution in [2.24, 2.45) is 5.92 Å². The molecule has 4 nitrogen and oxygen atoms in total. The molecule has 8 heteroatoms. The molecule has 0 fully saturated rings. The molecule has 0 aromatic heterocycles. The number of carbonyl (C=O) groups is 1. The summed E-state index contributed by atoms with van der Waals surface area (Å²) in [6.45, 7) is 5.61. The Hall–Kier alpha value is -2.25. The zero-order valence-electron chi connectivity index (χ0n) is 16.7. The second-order valence-electron chi connectivity index (χ2n) is 6.93. The first kappa shape index (κ1) is 24.8. The van der Waals surface area contributed by atoms with Gasteiger partial charge in [0.05, 0.1) is 5.56 Å². The fourth-order valence-corrected chi connectivity index (χ4v) is 2.87. The molecule has 0 saturated heterocycles. The monoisotopic (exact) mass is 431 g/mol. The number of alkyl halides is 3. The third-order valence-corrected chi connectivity index (χ3v) is 4.38. The van der Waals surface area contributed by atoms with Crippen LogP contribution in [0.4, 0.5) is 13.2 Å². The standard InChI is InChI=1S/C21H24F3NO3.ClH/c1-12(2)19(26)16-7-8-17(18(20(16)27)21(22,23)24)28-11-14-5-6-15(10-25-4)13(3)9-14;/h5-9,12,25,27H,10-11H2,1-4H3;1H. The SMILES string of the molecule is CNCc1ccc(COc2ccc(C(=O)C(C)C)c(O)c2C(F)(F)F)cc1C.Cl. The molecule has 2 aromatic carbocycles. The molecule has 2 aromatic rings. The van der Waals surface area contributed by atoms with Crippen LogP contribution in [0.3, 0.4) is 0 Å². The highest BCUT2D eigenvalue weighted by Gasteiger charge is 2.39. The van der Waals surface area contributed by atoms with E-state index < -0.39 is 34.9 Å². The largest absolute Gasteiger partial charge is 0.506 e. The number of aromatic hydroxyl groups is 1. The molecule has 160 valence electrons. The van der Waals surface area contributed by atoms with E-state index in [1.807, 2.05) is 26.1 Å². The Morgan fingerprint density at radius 1 is 1.21 bits per heavy atom. The second kappa shape index (κ2) is 9.98. The zero-order chi connectivity index (χ0) is 21.1. The van der Waals surface area contributed by atoms with Crippen molar-refractivity contribution >= 4 is 18.2 Å². The van der Waals surface area contributed by atoms with Crippen LogP contribution in [0, 0.1) is 12.8 Å². The van der Waals surface area contributed by atoms with Crippen molar-refractivity contribution in [2.75, 3.05) is 7.05 Å². The van der Waals surface area contributed by atoms with Gasteiger partial charge in [0.1, 0.15) is 23.7 Å². The third-order valence-electron chi connectivity index (χ3n) is 4.38. The first-order chi connectivity index (χ1) is 13.1. The topological polar surface area (TPSA) is 58.6 Å². The summed E-state index contributed by atoms with van der Waals surface area (Å²) in [5.41, 5.74) is 1.08. The number of halogens is 4. The Balaban J connectivity index is 0.00000420. The summed E-state index contributed by atoms with van der Waals surface area (Å²) in [6.07, 6.45) is -4.86. The van der Waals surface area contributed by atoms with Crippen molar-refractivity contribution in [3.63, 3.8) is 0 Å². The molecule has 0 aliphatic rings.